The predicted octanol–water partition coefficient (Wildman–Crippen LogP) is 4.03. The van der Waals surface area contributed by atoms with Gasteiger partial charge in [-0.15, -0.1) is 11.3 Å². The zero-order valence-electron chi connectivity index (χ0n) is 15.3. The van der Waals surface area contributed by atoms with E-state index in [2.05, 4.69) is 15.9 Å². The molecule has 150 valence electrons. The topological polar surface area (TPSA) is 80.8 Å². The van der Waals surface area contributed by atoms with Crippen molar-refractivity contribution in [3.8, 4) is 0 Å². The molecular formula is C19H20BrNO5S2. The van der Waals surface area contributed by atoms with Gasteiger partial charge in [-0.05, 0) is 65.5 Å². The Kier molecular flexibility index (Phi) is 6.69. The van der Waals surface area contributed by atoms with E-state index < -0.39 is 22.6 Å². The summed E-state index contributed by atoms with van der Waals surface area (Å²) in [6.07, 6.45) is 2.69. The number of thiophene rings is 1. The van der Waals surface area contributed by atoms with Crippen LogP contribution in [0.2, 0.25) is 0 Å². The molecule has 0 N–H and O–H groups in total. The van der Waals surface area contributed by atoms with Crippen molar-refractivity contribution in [2.75, 3.05) is 19.7 Å². The van der Waals surface area contributed by atoms with Gasteiger partial charge in [0.25, 0.3) is 0 Å². The van der Waals surface area contributed by atoms with E-state index in [9.17, 15) is 18.0 Å². The summed E-state index contributed by atoms with van der Waals surface area (Å²) in [5.41, 5.74) is 0.683. The molecule has 1 fully saturated rings. The number of piperidine rings is 1. The minimum absolute atomic E-state index is 0.109. The van der Waals surface area contributed by atoms with Gasteiger partial charge in [-0.1, -0.05) is 12.5 Å². The molecule has 1 aromatic carbocycles. The van der Waals surface area contributed by atoms with Gasteiger partial charge >= 0.3 is 5.97 Å². The SMILES string of the molecule is Cc1ccc(C(=O)OCC(=O)c2ccc(Br)s2)cc1S(=O)(=O)N1CCCCC1. The standard InChI is InChI=1S/C19H20BrNO5S2/c1-13-5-6-14(11-17(13)28(24,25)21-9-3-2-4-10-21)19(23)26-12-15(22)16-7-8-18(20)27-16/h5-8,11H,2-4,9-10,12H2,1H3. The number of benzene rings is 1. The van der Waals surface area contributed by atoms with Crippen molar-refractivity contribution in [1.82, 2.24) is 4.31 Å². The van der Waals surface area contributed by atoms with E-state index in [1.165, 1.54) is 27.8 Å². The van der Waals surface area contributed by atoms with Crippen LogP contribution in [0.25, 0.3) is 0 Å². The lowest BCUT2D eigenvalue weighted by molar-refractivity contribution is 0.0475. The lowest BCUT2D eigenvalue weighted by Crippen LogP contribution is -2.36. The van der Waals surface area contributed by atoms with Crippen LogP contribution in [0, 0.1) is 6.92 Å². The number of nitrogens with zero attached hydrogens (tertiary/aromatic N) is 1. The largest absolute Gasteiger partial charge is 0.454 e. The van der Waals surface area contributed by atoms with Gasteiger partial charge in [0.05, 0.1) is 19.1 Å². The van der Waals surface area contributed by atoms with Gasteiger partial charge in [-0.25, -0.2) is 13.2 Å². The highest BCUT2D eigenvalue weighted by Gasteiger charge is 2.28. The molecule has 0 spiro atoms. The van der Waals surface area contributed by atoms with Crippen LogP contribution < -0.4 is 0 Å². The molecule has 2 heterocycles. The van der Waals surface area contributed by atoms with Crippen molar-refractivity contribution < 1.29 is 22.7 Å². The van der Waals surface area contributed by atoms with E-state index in [1.807, 2.05) is 0 Å². The fourth-order valence-electron chi connectivity index (χ4n) is 3.00. The minimum Gasteiger partial charge on any atom is -0.454 e. The second kappa shape index (κ2) is 8.86. The maximum Gasteiger partial charge on any atom is 0.338 e. The number of Topliss-reactive ketones (excluding diaryl/α,β-unsaturated/α-hetero) is 1. The van der Waals surface area contributed by atoms with Crippen molar-refractivity contribution in [2.24, 2.45) is 0 Å². The molecule has 0 radical (unpaired) electrons. The zero-order valence-corrected chi connectivity index (χ0v) is 18.5. The Morgan fingerprint density at radius 3 is 2.50 bits per heavy atom. The Hall–Kier alpha value is -1.55. The first-order valence-corrected chi connectivity index (χ1v) is 11.9. The van der Waals surface area contributed by atoms with E-state index in [4.69, 9.17) is 4.74 Å². The molecule has 28 heavy (non-hydrogen) atoms. The maximum absolute atomic E-state index is 13.0. The summed E-state index contributed by atoms with van der Waals surface area (Å²) in [5.74, 6) is -1.03. The van der Waals surface area contributed by atoms with Gasteiger partial charge in [-0.3, -0.25) is 4.79 Å². The molecule has 0 atom stereocenters. The number of rotatable bonds is 6. The van der Waals surface area contributed by atoms with Crippen molar-refractivity contribution in [1.29, 1.82) is 0 Å². The Morgan fingerprint density at radius 1 is 1.14 bits per heavy atom. The predicted molar refractivity (Wildman–Crippen MR) is 110 cm³/mol. The molecule has 9 heteroatoms. The molecule has 0 unspecified atom stereocenters. The Morgan fingerprint density at radius 2 is 1.86 bits per heavy atom. The summed E-state index contributed by atoms with van der Waals surface area (Å²) in [5, 5.41) is 0. The van der Waals surface area contributed by atoms with Crippen LogP contribution in [0.1, 0.15) is 44.9 Å². The second-order valence-corrected chi connectivity index (χ2v) is 10.9. The van der Waals surface area contributed by atoms with E-state index in [0.29, 0.717) is 23.5 Å². The van der Waals surface area contributed by atoms with Crippen molar-refractivity contribution in [3.63, 3.8) is 0 Å². The third-order valence-corrected chi connectivity index (χ3v) is 8.24. The third-order valence-electron chi connectivity index (χ3n) is 4.54. The zero-order chi connectivity index (χ0) is 20.3. The summed E-state index contributed by atoms with van der Waals surface area (Å²) in [6.45, 7) is 2.28. The fraction of sp³-hybridized carbons (Fsp3) is 0.368. The number of sulfonamides is 1. The summed E-state index contributed by atoms with van der Waals surface area (Å²) in [6, 6.07) is 7.84. The van der Waals surface area contributed by atoms with E-state index >= 15 is 0 Å². The molecule has 2 aromatic rings. The third kappa shape index (κ3) is 4.71. The number of ketones is 1. The van der Waals surface area contributed by atoms with Crippen LogP contribution >= 0.6 is 27.3 Å². The Bertz CT molecular complexity index is 994. The number of ether oxygens (including phenoxy) is 1. The first-order chi connectivity index (χ1) is 13.3. The van der Waals surface area contributed by atoms with Crippen LogP contribution in [0.5, 0.6) is 0 Å². The molecule has 1 aromatic heterocycles. The molecule has 3 rings (SSSR count). The van der Waals surface area contributed by atoms with Gasteiger partial charge in [0.1, 0.15) is 0 Å². The number of aryl methyl sites for hydroxylation is 1. The van der Waals surface area contributed by atoms with Gasteiger partial charge in [0.2, 0.25) is 15.8 Å². The lowest BCUT2D eigenvalue weighted by atomic mass is 10.1. The van der Waals surface area contributed by atoms with Gasteiger partial charge < -0.3 is 4.74 Å². The number of esters is 1. The number of carbonyl (C=O) groups excluding carboxylic acids is 2. The molecular weight excluding hydrogens is 466 g/mol. The van der Waals surface area contributed by atoms with E-state index in [-0.39, 0.29) is 16.2 Å². The lowest BCUT2D eigenvalue weighted by Gasteiger charge is -2.26. The maximum atomic E-state index is 13.0. The molecule has 1 saturated heterocycles. The van der Waals surface area contributed by atoms with Crippen molar-refractivity contribution in [3.05, 3.63) is 50.1 Å². The van der Waals surface area contributed by atoms with Crippen molar-refractivity contribution >= 4 is 49.0 Å². The highest BCUT2D eigenvalue weighted by atomic mass is 79.9. The molecule has 0 aliphatic carbocycles. The molecule has 0 amide bonds. The van der Waals surface area contributed by atoms with Gasteiger partial charge in [0, 0.05) is 13.1 Å². The first-order valence-electron chi connectivity index (χ1n) is 8.85. The van der Waals surface area contributed by atoms with Crippen LogP contribution in [0.3, 0.4) is 0 Å². The number of hydrogen-bond acceptors (Lipinski definition) is 6. The number of carbonyl (C=O) groups is 2. The van der Waals surface area contributed by atoms with Crippen LogP contribution in [-0.4, -0.2) is 44.2 Å². The summed E-state index contributed by atoms with van der Waals surface area (Å²) < 4.78 is 33.3. The quantitative estimate of drug-likeness (QED) is 0.455. The van der Waals surface area contributed by atoms with E-state index in [0.717, 1.165) is 23.0 Å². The molecule has 1 aliphatic rings. The van der Waals surface area contributed by atoms with Crippen LogP contribution in [0.4, 0.5) is 0 Å². The highest BCUT2D eigenvalue weighted by Crippen LogP contribution is 2.25. The molecule has 6 nitrogen and oxygen atoms in total. The van der Waals surface area contributed by atoms with Gasteiger partial charge in [-0.2, -0.15) is 4.31 Å². The molecule has 0 bridgehead atoms. The van der Waals surface area contributed by atoms with E-state index in [1.54, 1.807) is 25.1 Å². The summed E-state index contributed by atoms with van der Waals surface area (Å²) in [4.78, 5) is 25.0. The van der Waals surface area contributed by atoms with Crippen LogP contribution in [0.15, 0.2) is 39.0 Å². The average molecular weight is 486 g/mol. The smallest absolute Gasteiger partial charge is 0.338 e. The summed E-state index contributed by atoms with van der Waals surface area (Å²) >= 11 is 4.54. The molecule has 0 saturated carbocycles. The van der Waals surface area contributed by atoms with Gasteiger partial charge in [0.15, 0.2) is 6.61 Å². The number of halogens is 1. The Labute approximate surface area is 176 Å². The monoisotopic (exact) mass is 485 g/mol. The van der Waals surface area contributed by atoms with Crippen LogP contribution in [-0.2, 0) is 14.8 Å². The summed E-state index contributed by atoms with van der Waals surface area (Å²) in [7, 11) is -3.67. The normalized spacial score (nSPS) is 15.4. The highest BCUT2D eigenvalue weighted by molar-refractivity contribution is 9.11. The number of hydrogen-bond donors (Lipinski definition) is 0. The first kappa shape index (κ1) is 21.2. The Balaban J connectivity index is 1.75. The fourth-order valence-corrected chi connectivity index (χ4v) is 6.08. The average Bonchev–Trinajstić information content (AvgIpc) is 3.13. The van der Waals surface area contributed by atoms with Crippen molar-refractivity contribution in [2.45, 2.75) is 31.1 Å². The second-order valence-electron chi connectivity index (χ2n) is 6.55. The molecule has 1 aliphatic heterocycles. The minimum atomic E-state index is -3.67.